The van der Waals surface area contributed by atoms with Gasteiger partial charge in [0.1, 0.15) is 22.5 Å². The molecule has 0 N–H and O–H groups in total. The second-order valence-corrected chi connectivity index (χ2v) is 15.6. The first-order chi connectivity index (χ1) is 17.1. The van der Waals surface area contributed by atoms with Crippen molar-refractivity contribution in [1.82, 2.24) is 14.8 Å². The molecule has 2 heterocycles. The number of hydrogen-bond acceptors (Lipinski definition) is 6. The molecular formula is C27H30BrN3O3SSi. The molecule has 0 unspecified atom stereocenters. The number of ether oxygens (including phenoxy) is 1. The SMILES string of the molecule is COC(=O)c1c(Br)csc1-n1c(C)nnc1[C@H](C)O[Si](c1ccccc1)(c1ccccc1)C(C)(C)C. The van der Waals surface area contributed by atoms with E-state index < -0.39 is 20.4 Å². The van der Waals surface area contributed by atoms with E-state index >= 15 is 0 Å². The van der Waals surface area contributed by atoms with Crippen LogP contribution in [0.4, 0.5) is 0 Å². The van der Waals surface area contributed by atoms with Crippen LogP contribution >= 0.6 is 27.3 Å². The van der Waals surface area contributed by atoms with Gasteiger partial charge in [-0.3, -0.25) is 4.57 Å². The molecule has 0 radical (unpaired) electrons. The Morgan fingerprint density at radius 1 is 1.03 bits per heavy atom. The summed E-state index contributed by atoms with van der Waals surface area (Å²) >= 11 is 4.93. The summed E-state index contributed by atoms with van der Waals surface area (Å²) in [5.74, 6) is 0.889. The predicted molar refractivity (Wildman–Crippen MR) is 150 cm³/mol. The number of rotatable bonds is 7. The van der Waals surface area contributed by atoms with Crippen molar-refractivity contribution < 1.29 is 14.0 Å². The first-order valence-electron chi connectivity index (χ1n) is 11.7. The highest BCUT2D eigenvalue weighted by atomic mass is 79.9. The van der Waals surface area contributed by atoms with E-state index in [9.17, 15) is 4.79 Å². The maximum absolute atomic E-state index is 12.6. The van der Waals surface area contributed by atoms with Gasteiger partial charge in [-0.05, 0) is 45.2 Å². The molecule has 2 aromatic carbocycles. The van der Waals surface area contributed by atoms with E-state index in [0.29, 0.717) is 26.7 Å². The molecule has 2 aromatic heterocycles. The molecule has 0 aliphatic rings. The zero-order valence-electron chi connectivity index (χ0n) is 21.3. The lowest BCUT2D eigenvalue weighted by atomic mass is 10.2. The van der Waals surface area contributed by atoms with Crippen molar-refractivity contribution in [3.05, 3.63) is 87.7 Å². The van der Waals surface area contributed by atoms with Crippen molar-refractivity contribution in [2.24, 2.45) is 0 Å². The molecule has 188 valence electrons. The average Bonchev–Trinajstić information content (AvgIpc) is 3.44. The minimum absolute atomic E-state index is 0.188. The van der Waals surface area contributed by atoms with Crippen LogP contribution in [0.5, 0.6) is 0 Å². The van der Waals surface area contributed by atoms with Crippen molar-refractivity contribution in [3.63, 3.8) is 0 Å². The maximum Gasteiger partial charge on any atom is 0.342 e. The number of esters is 1. The van der Waals surface area contributed by atoms with Crippen LogP contribution in [-0.2, 0) is 9.16 Å². The Morgan fingerprint density at radius 2 is 1.58 bits per heavy atom. The minimum atomic E-state index is -2.83. The van der Waals surface area contributed by atoms with Crippen LogP contribution in [0.2, 0.25) is 5.04 Å². The Morgan fingerprint density at radius 3 is 2.08 bits per heavy atom. The summed E-state index contributed by atoms with van der Waals surface area (Å²) in [5, 5.41) is 13.7. The second-order valence-electron chi connectivity index (χ2n) is 9.62. The summed E-state index contributed by atoms with van der Waals surface area (Å²) in [6, 6.07) is 21.0. The smallest absolute Gasteiger partial charge is 0.342 e. The Hall–Kier alpha value is -2.59. The average molecular weight is 585 g/mol. The van der Waals surface area contributed by atoms with Crippen LogP contribution in [-0.4, -0.2) is 36.2 Å². The summed E-state index contributed by atoms with van der Waals surface area (Å²) < 4.78 is 14.9. The number of aryl methyl sites for hydroxylation is 1. The molecule has 4 aromatic rings. The van der Waals surface area contributed by atoms with Crippen molar-refractivity contribution in [2.75, 3.05) is 7.11 Å². The largest absolute Gasteiger partial charge is 0.465 e. The van der Waals surface area contributed by atoms with E-state index in [1.165, 1.54) is 28.8 Å². The van der Waals surface area contributed by atoms with Crippen LogP contribution in [0.3, 0.4) is 0 Å². The van der Waals surface area contributed by atoms with Gasteiger partial charge in [0.05, 0.1) is 7.11 Å². The monoisotopic (exact) mass is 583 g/mol. The van der Waals surface area contributed by atoms with Gasteiger partial charge >= 0.3 is 5.97 Å². The number of hydrogen-bond donors (Lipinski definition) is 0. The maximum atomic E-state index is 12.6. The van der Waals surface area contributed by atoms with Crippen LogP contribution < -0.4 is 10.4 Å². The topological polar surface area (TPSA) is 66.2 Å². The lowest BCUT2D eigenvalue weighted by Gasteiger charge is -2.44. The van der Waals surface area contributed by atoms with E-state index in [1.807, 2.05) is 35.9 Å². The molecule has 1 atom stereocenters. The molecule has 6 nitrogen and oxygen atoms in total. The third kappa shape index (κ3) is 4.61. The van der Waals surface area contributed by atoms with Gasteiger partial charge in [0, 0.05) is 9.85 Å². The summed E-state index contributed by atoms with van der Waals surface area (Å²) in [6.45, 7) is 10.6. The van der Waals surface area contributed by atoms with Gasteiger partial charge in [0.25, 0.3) is 8.32 Å². The molecule has 0 saturated heterocycles. The van der Waals surface area contributed by atoms with Crippen LogP contribution in [0.15, 0.2) is 70.5 Å². The van der Waals surface area contributed by atoms with Gasteiger partial charge in [-0.15, -0.1) is 21.5 Å². The first-order valence-corrected chi connectivity index (χ1v) is 15.3. The number of carbonyl (C=O) groups excluding carboxylic acids is 1. The molecule has 0 aliphatic heterocycles. The van der Waals surface area contributed by atoms with Crippen molar-refractivity contribution in [2.45, 2.75) is 45.8 Å². The number of thiophene rings is 1. The van der Waals surface area contributed by atoms with Gasteiger partial charge in [-0.25, -0.2) is 4.79 Å². The van der Waals surface area contributed by atoms with E-state index in [4.69, 9.17) is 9.16 Å². The Kier molecular flexibility index (Phi) is 7.66. The van der Waals surface area contributed by atoms with Gasteiger partial charge in [-0.1, -0.05) is 81.4 Å². The lowest BCUT2D eigenvalue weighted by molar-refractivity contribution is 0.0600. The molecule has 0 spiro atoms. The van der Waals surface area contributed by atoms with E-state index in [1.54, 1.807) is 0 Å². The summed E-state index contributed by atoms with van der Waals surface area (Å²) in [6.07, 6.45) is -0.413. The highest BCUT2D eigenvalue weighted by Crippen LogP contribution is 2.40. The summed E-state index contributed by atoms with van der Waals surface area (Å²) in [5.41, 5.74) is 0.448. The number of nitrogens with zero attached hydrogens (tertiary/aromatic N) is 3. The number of methoxy groups -OCH3 is 1. The highest BCUT2D eigenvalue weighted by molar-refractivity contribution is 9.10. The molecule has 9 heteroatoms. The number of halogens is 1. The number of carbonyl (C=O) groups is 1. The van der Waals surface area contributed by atoms with Crippen molar-refractivity contribution in [1.29, 1.82) is 0 Å². The highest BCUT2D eigenvalue weighted by Gasteiger charge is 2.51. The third-order valence-corrected chi connectivity index (χ3v) is 13.3. The summed E-state index contributed by atoms with van der Waals surface area (Å²) in [4.78, 5) is 12.6. The third-order valence-electron chi connectivity index (χ3n) is 6.30. The second kappa shape index (κ2) is 10.4. The fourth-order valence-electron chi connectivity index (χ4n) is 4.68. The quantitative estimate of drug-likeness (QED) is 0.202. The van der Waals surface area contributed by atoms with Gasteiger partial charge in [-0.2, -0.15) is 0 Å². The molecule has 0 amide bonds. The molecular weight excluding hydrogens is 554 g/mol. The van der Waals surface area contributed by atoms with E-state index in [2.05, 4.69) is 95.4 Å². The zero-order valence-corrected chi connectivity index (χ0v) is 24.7. The predicted octanol–water partition coefficient (Wildman–Crippen LogP) is 5.82. The van der Waals surface area contributed by atoms with Gasteiger partial charge in [0.15, 0.2) is 5.82 Å². The van der Waals surface area contributed by atoms with Crippen LogP contribution in [0, 0.1) is 6.92 Å². The summed E-state index contributed by atoms with van der Waals surface area (Å²) in [7, 11) is -1.45. The normalized spacial score (nSPS) is 13.0. The Balaban J connectivity index is 1.89. The molecule has 0 aliphatic carbocycles. The van der Waals surface area contributed by atoms with Crippen LogP contribution in [0.1, 0.15) is 55.8 Å². The zero-order chi connectivity index (χ0) is 26.1. The Bertz CT molecular complexity index is 1310. The molecule has 0 bridgehead atoms. The minimum Gasteiger partial charge on any atom is -0.465 e. The standard InChI is InChI=1S/C27H30BrN3O3SSi/c1-18(24-30-29-19(2)31(24)25-23(26(32)33-6)22(28)17-35-25)34-36(27(3,4)5,20-13-9-7-10-14-20)21-15-11-8-12-16-21/h7-18H,1-6H3/t18-/m0/s1. The first kappa shape index (κ1) is 26.5. The van der Waals surface area contributed by atoms with Crippen molar-refractivity contribution >= 4 is 51.9 Å². The van der Waals surface area contributed by atoms with Crippen molar-refractivity contribution in [3.8, 4) is 5.00 Å². The van der Waals surface area contributed by atoms with Gasteiger partial charge in [0.2, 0.25) is 0 Å². The Labute approximate surface area is 225 Å². The fraction of sp³-hybridized carbons (Fsp3) is 0.296. The van der Waals surface area contributed by atoms with E-state index in [-0.39, 0.29) is 5.04 Å². The fourth-order valence-corrected chi connectivity index (χ4v) is 11.1. The molecule has 0 saturated carbocycles. The molecule has 4 rings (SSSR count). The van der Waals surface area contributed by atoms with Gasteiger partial charge < -0.3 is 9.16 Å². The molecule has 0 fully saturated rings. The van der Waals surface area contributed by atoms with E-state index in [0.717, 1.165) is 0 Å². The molecule has 36 heavy (non-hydrogen) atoms. The van der Waals surface area contributed by atoms with Crippen LogP contribution in [0.25, 0.3) is 5.00 Å². The number of benzene rings is 2. The lowest BCUT2D eigenvalue weighted by Crippen LogP contribution is -2.66. The number of aromatic nitrogens is 3.